The second-order valence-electron chi connectivity index (χ2n) is 6.85. The van der Waals surface area contributed by atoms with E-state index in [9.17, 15) is 0 Å². The molecule has 0 aromatic carbocycles. The van der Waals surface area contributed by atoms with E-state index in [1.54, 1.807) is 29.0 Å². The summed E-state index contributed by atoms with van der Waals surface area (Å²) in [5.41, 5.74) is 3.19. The van der Waals surface area contributed by atoms with Crippen molar-refractivity contribution in [1.82, 2.24) is 0 Å². The van der Waals surface area contributed by atoms with Gasteiger partial charge in [0.2, 0.25) is 0 Å². The molecule has 0 spiro atoms. The van der Waals surface area contributed by atoms with E-state index in [1.807, 2.05) is 14.6 Å². The molecule has 1 aromatic rings. The molecular weight excluding hydrogens is 466 g/mol. The van der Waals surface area contributed by atoms with Crippen LogP contribution in [-0.4, -0.2) is 10.1 Å². The smallest absolute Gasteiger partial charge is 1.00 e. The van der Waals surface area contributed by atoms with Crippen molar-refractivity contribution in [3.63, 3.8) is 0 Å². The molecule has 0 nitrogen and oxygen atoms in total. The van der Waals surface area contributed by atoms with Crippen LogP contribution in [0, 0.1) is 5.92 Å². The van der Waals surface area contributed by atoms with Crippen LogP contribution in [0.15, 0.2) is 43.9 Å². The zero-order valence-electron chi connectivity index (χ0n) is 14.9. The normalized spacial score (nSPS) is 22.8. The van der Waals surface area contributed by atoms with Gasteiger partial charge in [-0.1, -0.05) is 0 Å². The molecule has 0 bridgehead atoms. The molecule has 1 aliphatic heterocycles. The van der Waals surface area contributed by atoms with Crippen LogP contribution >= 0.6 is 21.8 Å². The summed E-state index contributed by atoms with van der Waals surface area (Å²) < 4.78 is 5.27. The summed E-state index contributed by atoms with van der Waals surface area (Å²) in [7, 11) is 0.330. The Balaban J connectivity index is 0.00000113. The molecule has 0 fully saturated rings. The van der Waals surface area contributed by atoms with Gasteiger partial charge in [-0.15, -0.1) is 0 Å². The Hall–Kier alpha value is 0.343. The summed E-state index contributed by atoms with van der Waals surface area (Å²) in [6, 6.07) is 2.36. The number of rotatable bonds is 3. The zero-order chi connectivity index (χ0) is 16.1. The molecule has 2 unspecified atom stereocenters. The number of fused-ring (bicyclic) bond motifs is 2. The molecule has 0 radical (unpaired) electrons. The van der Waals surface area contributed by atoms with E-state index < -0.39 is 23.2 Å². The van der Waals surface area contributed by atoms with Crippen LogP contribution in [-0.2, 0) is 23.2 Å². The molecule has 0 saturated carbocycles. The summed E-state index contributed by atoms with van der Waals surface area (Å²) in [6.07, 6.45) is 8.67. The first-order valence-electron chi connectivity index (χ1n) is 8.26. The number of hydrogen-bond donors (Lipinski definition) is 0. The molecule has 3 aliphatic rings. The van der Waals surface area contributed by atoms with Crippen LogP contribution in [0.5, 0.6) is 0 Å². The van der Waals surface area contributed by atoms with E-state index in [2.05, 4.69) is 62.8 Å². The molecule has 2 aliphatic carbocycles. The van der Waals surface area contributed by atoms with Gasteiger partial charge in [0.1, 0.15) is 0 Å². The summed E-state index contributed by atoms with van der Waals surface area (Å²) in [4.78, 5) is 1.59. The van der Waals surface area contributed by atoms with Gasteiger partial charge < -0.3 is 24.8 Å². The van der Waals surface area contributed by atoms with Gasteiger partial charge in [-0.3, -0.25) is 0 Å². The maximum absolute atomic E-state index is 2.54. The van der Waals surface area contributed by atoms with Gasteiger partial charge in [0.25, 0.3) is 0 Å². The minimum Gasteiger partial charge on any atom is -1.00 e. The van der Waals surface area contributed by atoms with Crippen LogP contribution in [0.25, 0.3) is 8.85 Å². The molecule has 1 aromatic heterocycles. The average Bonchev–Trinajstić information content (AvgIpc) is 3.23. The fourth-order valence-electron chi connectivity index (χ4n) is 3.53. The molecule has 0 amide bonds. The van der Waals surface area contributed by atoms with Crippen molar-refractivity contribution in [2.75, 3.05) is 0 Å². The van der Waals surface area contributed by atoms with Crippen molar-refractivity contribution in [1.29, 1.82) is 0 Å². The van der Waals surface area contributed by atoms with Crippen molar-refractivity contribution in [2.24, 2.45) is 5.92 Å². The first-order chi connectivity index (χ1) is 11.1. The van der Waals surface area contributed by atoms with Crippen LogP contribution < -0.4 is 34.6 Å². The van der Waals surface area contributed by atoms with E-state index in [0.29, 0.717) is 21.7 Å². The number of thiophene rings is 1. The molecule has 4 rings (SSSR count). The molecule has 25 heavy (non-hydrogen) atoms. The summed E-state index contributed by atoms with van der Waals surface area (Å²) in [5.74, 6) is 0.675. The van der Waals surface area contributed by atoms with Crippen LogP contribution in [0.2, 0.25) is 0 Å². The van der Waals surface area contributed by atoms with Crippen molar-refractivity contribution in [3.8, 4) is 0 Å². The molecule has 5 heteroatoms. The number of allylic oxidation sites excluding steroid dienone is 5. The molecule has 132 valence electrons. The minimum absolute atomic E-state index is 0. The van der Waals surface area contributed by atoms with E-state index in [-0.39, 0.29) is 24.8 Å². The van der Waals surface area contributed by atoms with Gasteiger partial charge in [0.15, 0.2) is 0 Å². The Kier molecular flexibility index (Phi) is 7.42. The molecule has 0 N–H and O–H groups in total. The molecule has 2 atom stereocenters. The maximum atomic E-state index is 2.54. The third kappa shape index (κ3) is 3.83. The van der Waals surface area contributed by atoms with Crippen LogP contribution in [0.3, 0.4) is 0 Å². The summed E-state index contributed by atoms with van der Waals surface area (Å²) in [6.45, 7) is 9.27. The van der Waals surface area contributed by atoms with E-state index in [4.69, 9.17) is 0 Å². The number of halogens is 2. The fraction of sp³-hybridized carbons (Fsp3) is 0.350. The van der Waals surface area contributed by atoms with Crippen molar-refractivity contribution in [3.05, 3.63) is 53.7 Å². The van der Waals surface area contributed by atoms with E-state index >= 15 is 0 Å². The first kappa shape index (κ1) is 21.6. The van der Waals surface area contributed by atoms with E-state index in [1.165, 1.54) is 6.42 Å². The number of hydrogen-bond acceptors (Lipinski definition) is 1. The SMILES string of the molecule is CC(C)=S1C=CC2=c3ccsc3=[C]([Zr+2][C]3=CC(C(C)C)=CC3)C21.[Cl-].[Cl-]. The Labute approximate surface area is 181 Å². The Morgan fingerprint density at radius 2 is 2.04 bits per heavy atom. The van der Waals surface area contributed by atoms with Gasteiger partial charge in [0.05, 0.1) is 0 Å². The first-order valence-corrected chi connectivity index (χ1v) is 12.9. The fourth-order valence-corrected chi connectivity index (χ4v) is 11.8. The predicted octanol–water partition coefficient (Wildman–Crippen LogP) is -1.64. The summed E-state index contributed by atoms with van der Waals surface area (Å²) in [5, 5.41) is 7.04. The second-order valence-corrected chi connectivity index (χ2v) is 13.6. The standard InChI is InChI=1S/C12H11S2.C8H11.2ClH.Zr/c1-8(2)14-6-4-10-9-3-5-13-11(9)7-12(10)14;1-7(2)8-5-3-4-6-8;;;/h3-6,12H,1-2H3;5-7H,3H2,1-2H3;2*1H;/q;;;;+2/p-2. The largest absolute Gasteiger partial charge is 1.00 e. The van der Waals surface area contributed by atoms with Crippen molar-refractivity contribution in [2.45, 2.75) is 39.4 Å². The van der Waals surface area contributed by atoms with Gasteiger partial charge in [-0.2, -0.15) is 0 Å². The average molecular weight is 489 g/mol. The molecule has 2 heterocycles. The Morgan fingerprint density at radius 3 is 2.68 bits per heavy atom. The zero-order valence-corrected chi connectivity index (χ0v) is 20.5. The van der Waals surface area contributed by atoms with Crippen molar-refractivity contribution < 1.29 is 48.0 Å². The topological polar surface area (TPSA) is 0 Å². The van der Waals surface area contributed by atoms with Crippen LogP contribution in [0.1, 0.15) is 34.1 Å². The third-order valence-corrected chi connectivity index (χ3v) is 12.7. The summed E-state index contributed by atoms with van der Waals surface area (Å²) >= 11 is 1.33. The molecule has 0 saturated heterocycles. The van der Waals surface area contributed by atoms with Gasteiger partial charge in [-0.25, -0.2) is 0 Å². The monoisotopic (exact) mass is 486 g/mol. The Morgan fingerprint density at radius 1 is 1.28 bits per heavy atom. The van der Waals surface area contributed by atoms with Gasteiger partial charge >= 0.3 is 158 Å². The van der Waals surface area contributed by atoms with Gasteiger partial charge in [-0.05, 0) is 0 Å². The Bertz CT molecular complexity index is 925. The quantitative estimate of drug-likeness (QED) is 0.448. The van der Waals surface area contributed by atoms with E-state index in [0.717, 1.165) is 0 Å². The third-order valence-electron chi connectivity index (χ3n) is 4.75. The van der Waals surface area contributed by atoms with Crippen LogP contribution in [0.4, 0.5) is 0 Å². The minimum atomic E-state index is -0.656. The van der Waals surface area contributed by atoms with Gasteiger partial charge in [0, 0.05) is 0 Å². The van der Waals surface area contributed by atoms with Crippen molar-refractivity contribution >= 4 is 35.5 Å². The maximum Gasteiger partial charge on any atom is -1.00 e. The predicted molar refractivity (Wildman–Crippen MR) is 103 cm³/mol. The molecular formula is C20H22Cl2S2Zr. The second kappa shape index (κ2) is 8.57.